The van der Waals surface area contributed by atoms with Crippen molar-refractivity contribution in [2.45, 2.75) is 6.92 Å². The molecule has 0 heterocycles. The van der Waals surface area contributed by atoms with Crippen molar-refractivity contribution in [2.24, 2.45) is 5.11 Å². The maximum Gasteiger partial charge on any atom is 0.338 e. The molecule has 0 saturated heterocycles. The highest BCUT2D eigenvalue weighted by Crippen LogP contribution is 2.20. The average molecular weight is 274 g/mol. The Balaban J connectivity index is 3.13. The van der Waals surface area contributed by atoms with Crippen molar-refractivity contribution in [3.8, 4) is 11.8 Å². The van der Waals surface area contributed by atoms with Gasteiger partial charge in [-0.2, -0.15) is 0 Å². The van der Waals surface area contributed by atoms with Gasteiger partial charge in [0.15, 0.2) is 0 Å². The number of rotatable bonds is 4. The predicted molar refractivity (Wildman–Crippen MR) is 69.9 cm³/mol. The second kappa shape index (κ2) is 7.41. The van der Waals surface area contributed by atoms with Gasteiger partial charge in [-0.05, 0) is 24.6 Å². The van der Waals surface area contributed by atoms with Crippen molar-refractivity contribution in [1.29, 1.82) is 0 Å². The fourth-order valence-electron chi connectivity index (χ4n) is 1.33. The third kappa shape index (κ3) is 4.01. The summed E-state index contributed by atoms with van der Waals surface area (Å²) in [6.07, 6.45) is 0. The largest absolute Gasteiger partial charge is 0.462 e. The van der Waals surface area contributed by atoms with E-state index in [4.69, 9.17) is 10.3 Å². The van der Waals surface area contributed by atoms with Gasteiger partial charge in [-0.15, -0.1) is 0 Å². The molecule has 0 bridgehead atoms. The number of benzene rings is 1. The van der Waals surface area contributed by atoms with Crippen molar-refractivity contribution in [2.75, 3.05) is 13.2 Å². The van der Waals surface area contributed by atoms with Crippen molar-refractivity contribution < 1.29 is 14.5 Å². The van der Waals surface area contributed by atoms with Crippen LogP contribution < -0.4 is 0 Å². The van der Waals surface area contributed by atoms with Crippen LogP contribution in [-0.2, 0) is 4.74 Å². The molecule has 0 aliphatic rings. The van der Waals surface area contributed by atoms with Crippen molar-refractivity contribution in [3.05, 3.63) is 49.9 Å². The van der Waals surface area contributed by atoms with E-state index in [1.54, 1.807) is 6.92 Å². The number of carbonyl (C=O) groups is 1. The molecule has 0 unspecified atom stereocenters. The van der Waals surface area contributed by atoms with Crippen LogP contribution in [0.4, 0.5) is 5.69 Å². The summed E-state index contributed by atoms with van der Waals surface area (Å²) in [5.74, 6) is 4.36. The molecule has 102 valence electrons. The van der Waals surface area contributed by atoms with Gasteiger partial charge in [0.25, 0.3) is 5.69 Å². The van der Waals surface area contributed by atoms with E-state index >= 15 is 0 Å². The Morgan fingerprint density at radius 1 is 1.60 bits per heavy atom. The third-order valence-electron chi connectivity index (χ3n) is 2.14. The third-order valence-corrected chi connectivity index (χ3v) is 2.14. The minimum Gasteiger partial charge on any atom is -0.462 e. The molecule has 0 N–H and O–H groups in total. The molecule has 0 spiro atoms. The van der Waals surface area contributed by atoms with E-state index in [0.29, 0.717) is 0 Å². The van der Waals surface area contributed by atoms with Crippen LogP contribution in [0.5, 0.6) is 0 Å². The zero-order valence-electron chi connectivity index (χ0n) is 10.6. The molecule has 0 saturated carbocycles. The Hall–Kier alpha value is -3.04. The molecule has 1 rings (SSSR count). The summed E-state index contributed by atoms with van der Waals surface area (Å²) >= 11 is 0. The highest BCUT2D eigenvalue weighted by Gasteiger charge is 2.16. The van der Waals surface area contributed by atoms with E-state index in [9.17, 15) is 14.9 Å². The second-order valence-electron chi connectivity index (χ2n) is 3.40. The van der Waals surface area contributed by atoms with E-state index in [0.717, 1.165) is 6.07 Å². The molecular formula is C12H10N4O4. The summed E-state index contributed by atoms with van der Waals surface area (Å²) in [5, 5.41) is 14.1. The summed E-state index contributed by atoms with van der Waals surface area (Å²) in [7, 11) is 0. The van der Waals surface area contributed by atoms with Gasteiger partial charge < -0.3 is 4.74 Å². The summed E-state index contributed by atoms with van der Waals surface area (Å²) in [4.78, 5) is 24.3. The van der Waals surface area contributed by atoms with Gasteiger partial charge in [0.2, 0.25) is 0 Å². The van der Waals surface area contributed by atoms with Gasteiger partial charge in [-0.3, -0.25) is 10.1 Å². The number of hydrogen-bond donors (Lipinski definition) is 0. The Labute approximate surface area is 114 Å². The fourth-order valence-corrected chi connectivity index (χ4v) is 1.33. The molecule has 8 heteroatoms. The van der Waals surface area contributed by atoms with Gasteiger partial charge in [-0.25, -0.2) is 4.79 Å². The lowest BCUT2D eigenvalue weighted by molar-refractivity contribution is -0.385. The SMILES string of the molecule is CCOC(=O)c1ccc(C#CCN=[N+]=[N-])c([N+](=O)[O-])c1. The number of nitro groups is 1. The summed E-state index contributed by atoms with van der Waals surface area (Å²) in [6, 6.07) is 3.85. The van der Waals surface area contributed by atoms with Crippen LogP contribution >= 0.6 is 0 Å². The minimum atomic E-state index is -0.639. The fraction of sp³-hybridized carbons (Fsp3) is 0.250. The molecule has 0 aromatic heterocycles. The average Bonchev–Trinajstić information content (AvgIpc) is 2.43. The molecular weight excluding hydrogens is 264 g/mol. The number of azide groups is 1. The zero-order chi connectivity index (χ0) is 15.0. The molecule has 8 nitrogen and oxygen atoms in total. The van der Waals surface area contributed by atoms with E-state index < -0.39 is 10.9 Å². The first kappa shape index (κ1) is 15.0. The Kier molecular flexibility index (Phi) is 5.56. The standard InChI is InChI=1S/C12H10N4O4/c1-2-20-12(17)10-6-5-9(4-3-7-14-15-13)11(8-10)16(18)19/h5-6,8H,2,7H2,1H3. The summed E-state index contributed by atoms with van der Waals surface area (Å²) < 4.78 is 4.76. The number of ether oxygens (including phenoxy) is 1. The number of nitrogens with zero attached hydrogens (tertiary/aromatic N) is 4. The van der Waals surface area contributed by atoms with Crippen LogP contribution in [0, 0.1) is 22.0 Å². The normalized spacial score (nSPS) is 8.85. The first-order valence-corrected chi connectivity index (χ1v) is 5.55. The predicted octanol–water partition coefficient (Wildman–Crippen LogP) is 2.43. The van der Waals surface area contributed by atoms with Crippen molar-refractivity contribution in [1.82, 2.24) is 0 Å². The molecule has 0 radical (unpaired) electrons. The lowest BCUT2D eigenvalue weighted by Crippen LogP contribution is -2.05. The second-order valence-corrected chi connectivity index (χ2v) is 3.40. The molecule has 1 aromatic carbocycles. The van der Waals surface area contributed by atoms with Crippen LogP contribution in [-0.4, -0.2) is 24.0 Å². The molecule has 1 aromatic rings. The van der Waals surface area contributed by atoms with Crippen molar-refractivity contribution >= 4 is 11.7 Å². The van der Waals surface area contributed by atoms with Gasteiger partial charge >= 0.3 is 5.97 Å². The molecule has 0 aliphatic heterocycles. The monoisotopic (exact) mass is 274 g/mol. The minimum absolute atomic E-state index is 0.0825. The number of nitro benzene ring substituents is 1. The lowest BCUT2D eigenvalue weighted by Gasteiger charge is -2.02. The molecule has 0 atom stereocenters. The maximum absolute atomic E-state index is 11.5. The topological polar surface area (TPSA) is 118 Å². The van der Waals surface area contributed by atoms with E-state index in [-0.39, 0.29) is 30.0 Å². The Bertz CT molecular complexity index is 639. The Morgan fingerprint density at radius 3 is 2.95 bits per heavy atom. The summed E-state index contributed by atoms with van der Waals surface area (Å²) in [6.45, 7) is 1.73. The van der Waals surface area contributed by atoms with Gasteiger partial charge in [-0.1, -0.05) is 17.0 Å². The van der Waals surface area contributed by atoms with Crippen LogP contribution in [0.2, 0.25) is 0 Å². The smallest absolute Gasteiger partial charge is 0.338 e. The van der Waals surface area contributed by atoms with Crippen LogP contribution in [0.1, 0.15) is 22.8 Å². The maximum atomic E-state index is 11.5. The number of hydrogen-bond acceptors (Lipinski definition) is 5. The van der Waals surface area contributed by atoms with Gasteiger partial charge in [0.1, 0.15) is 5.56 Å². The summed E-state index contributed by atoms with van der Waals surface area (Å²) in [5.41, 5.74) is 8.00. The lowest BCUT2D eigenvalue weighted by atomic mass is 10.1. The first-order chi connectivity index (χ1) is 9.60. The van der Waals surface area contributed by atoms with E-state index in [2.05, 4.69) is 21.9 Å². The van der Waals surface area contributed by atoms with Gasteiger partial charge in [0, 0.05) is 11.0 Å². The first-order valence-electron chi connectivity index (χ1n) is 5.55. The van der Waals surface area contributed by atoms with Crippen LogP contribution in [0.15, 0.2) is 23.3 Å². The molecule has 0 fully saturated rings. The van der Waals surface area contributed by atoms with Crippen molar-refractivity contribution in [3.63, 3.8) is 0 Å². The highest BCUT2D eigenvalue weighted by molar-refractivity contribution is 5.90. The van der Waals surface area contributed by atoms with E-state index in [1.807, 2.05) is 0 Å². The Morgan fingerprint density at radius 2 is 2.35 bits per heavy atom. The number of esters is 1. The molecule has 0 aliphatic carbocycles. The van der Waals surface area contributed by atoms with Crippen LogP contribution in [0.3, 0.4) is 0 Å². The quantitative estimate of drug-likeness (QED) is 0.159. The zero-order valence-corrected chi connectivity index (χ0v) is 10.6. The molecule has 0 amide bonds. The van der Waals surface area contributed by atoms with Crippen LogP contribution in [0.25, 0.3) is 10.4 Å². The highest BCUT2D eigenvalue weighted by atomic mass is 16.6. The van der Waals surface area contributed by atoms with Gasteiger partial charge in [0.05, 0.1) is 23.6 Å². The molecule has 20 heavy (non-hydrogen) atoms. The number of carbonyl (C=O) groups excluding carboxylic acids is 1. The van der Waals surface area contributed by atoms with E-state index in [1.165, 1.54) is 12.1 Å².